The van der Waals surface area contributed by atoms with Gasteiger partial charge in [0.2, 0.25) is 0 Å². The number of nitrogens with zero attached hydrogens (tertiary/aromatic N) is 1. The lowest BCUT2D eigenvalue weighted by molar-refractivity contribution is 1.13. The van der Waals surface area contributed by atoms with Crippen molar-refractivity contribution in [2.45, 2.75) is 6.42 Å². The molecule has 17 heavy (non-hydrogen) atoms. The molecule has 1 aromatic heterocycles. The molecule has 0 atom stereocenters. The molecule has 0 radical (unpaired) electrons. The molecule has 0 bridgehead atoms. The maximum absolute atomic E-state index is 11.6. The third kappa shape index (κ3) is 2.55. The van der Waals surface area contributed by atoms with Crippen LogP contribution in [0.4, 0.5) is 0 Å². The van der Waals surface area contributed by atoms with Crippen LogP contribution in [0.5, 0.6) is 0 Å². The van der Waals surface area contributed by atoms with Gasteiger partial charge in [-0.25, -0.2) is 0 Å². The highest BCUT2D eigenvalue weighted by molar-refractivity contribution is 6.30. The van der Waals surface area contributed by atoms with Crippen molar-refractivity contribution in [1.82, 2.24) is 4.98 Å². The molecule has 0 aliphatic rings. The Morgan fingerprint density at radius 1 is 1.18 bits per heavy atom. The standard InChI is InChI=1S/C13H9ClN2O/c14-11-4-1-9(2-5-11)12-6-3-10(7-8-15)13(17)16-12/h1-6H,7H2,(H,16,17). The van der Waals surface area contributed by atoms with Crippen molar-refractivity contribution in [2.75, 3.05) is 0 Å². The van der Waals surface area contributed by atoms with Gasteiger partial charge in [0.05, 0.1) is 12.5 Å². The highest BCUT2D eigenvalue weighted by Crippen LogP contribution is 2.18. The largest absolute Gasteiger partial charge is 0.322 e. The van der Waals surface area contributed by atoms with Crippen molar-refractivity contribution in [1.29, 1.82) is 5.26 Å². The molecule has 2 rings (SSSR count). The van der Waals surface area contributed by atoms with E-state index in [0.29, 0.717) is 16.3 Å². The van der Waals surface area contributed by atoms with Crippen LogP contribution in [0.1, 0.15) is 5.56 Å². The van der Waals surface area contributed by atoms with Gasteiger partial charge in [-0.15, -0.1) is 0 Å². The number of hydrogen-bond donors (Lipinski definition) is 1. The van der Waals surface area contributed by atoms with Crippen molar-refractivity contribution >= 4 is 11.6 Å². The molecule has 2 aromatic rings. The summed E-state index contributed by atoms with van der Waals surface area (Å²) in [6.07, 6.45) is 0.121. The Labute approximate surface area is 103 Å². The number of pyridine rings is 1. The molecule has 0 aliphatic carbocycles. The Kier molecular flexibility index (Phi) is 3.27. The summed E-state index contributed by atoms with van der Waals surface area (Å²) in [5.74, 6) is 0. The molecule has 1 N–H and O–H groups in total. The summed E-state index contributed by atoms with van der Waals surface area (Å²) in [7, 11) is 0. The fraction of sp³-hybridized carbons (Fsp3) is 0.0769. The molecular formula is C13H9ClN2O. The number of aromatic amines is 1. The molecule has 0 saturated carbocycles. The number of aromatic nitrogens is 1. The predicted molar refractivity (Wildman–Crippen MR) is 66.8 cm³/mol. The van der Waals surface area contributed by atoms with Crippen molar-refractivity contribution in [3.63, 3.8) is 0 Å². The zero-order chi connectivity index (χ0) is 12.3. The molecule has 0 aliphatic heterocycles. The van der Waals surface area contributed by atoms with Gasteiger partial charge in [-0.1, -0.05) is 29.8 Å². The number of nitriles is 1. The first-order valence-electron chi connectivity index (χ1n) is 5.06. The minimum atomic E-state index is -0.223. The van der Waals surface area contributed by atoms with E-state index in [1.165, 1.54) is 0 Å². The van der Waals surface area contributed by atoms with Crippen LogP contribution in [-0.4, -0.2) is 4.98 Å². The second-order valence-corrected chi connectivity index (χ2v) is 4.00. The average Bonchev–Trinajstić information content (AvgIpc) is 2.33. The van der Waals surface area contributed by atoms with Crippen molar-refractivity contribution in [2.24, 2.45) is 0 Å². The number of nitrogens with one attached hydrogen (secondary N) is 1. The van der Waals surface area contributed by atoms with Crippen LogP contribution in [0.2, 0.25) is 5.02 Å². The van der Waals surface area contributed by atoms with Crippen LogP contribution >= 0.6 is 11.6 Å². The molecule has 0 amide bonds. The van der Waals surface area contributed by atoms with Crippen LogP contribution in [0, 0.1) is 11.3 Å². The number of rotatable bonds is 2. The summed E-state index contributed by atoms with van der Waals surface area (Å²) in [5.41, 5.74) is 1.85. The average molecular weight is 245 g/mol. The van der Waals surface area contributed by atoms with E-state index in [1.807, 2.05) is 18.2 Å². The number of H-pyrrole nitrogens is 1. The smallest absolute Gasteiger partial charge is 0.252 e. The fourth-order valence-corrected chi connectivity index (χ4v) is 1.65. The minimum absolute atomic E-state index is 0.121. The van der Waals surface area contributed by atoms with E-state index in [-0.39, 0.29) is 12.0 Å². The van der Waals surface area contributed by atoms with Gasteiger partial charge in [-0.3, -0.25) is 4.79 Å². The van der Waals surface area contributed by atoms with E-state index < -0.39 is 0 Å². The lowest BCUT2D eigenvalue weighted by Gasteiger charge is -2.02. The lowest BCUT2D eigenvalue weighted by Crippen LogP contribution is -2.12. The Bertz CT molecular complexity index is 623. The van der Waals surface area contributed by atoms with Gasteiger partial charge in [-0.05, 0) is 23.8 Å². The third-order valence-corrected chi connectivity index (χ3v) is 2.67. The zero-order valence-electron chi connectivity index (χ0n) is 8.90. The van der Waals surface area contributed by atoms with E-state index in [4.69, 9.17) is 16.9 Å². The highest BCUT2D eigenvalue weighted by atomic mass is 35.5. The third-order valence-electron chi connectivity index (χ3n) is 2.42. The topological polar surface area (TPSA) is 56.6 Å². The van der Waals surface area contributed by atoms with Crippen LogP contribution in [-0.2, 0) is 6.42 Å². The van der Waals surface area contributed by atoms with Crippen molar-refractivity contribution in [3.05, 3.63) is 57.3 Å². The molecule has 4 heteroatoms. The van der Waals surface area contributed by atoms with E-state index >= 15 is 0 Å². The van der Waals surface area contributed by atoms with Gasteiger partial charge in [-0.2, -0.15) is 5.26 Å². The van der Waals surface area contributed by atoms with Gasteiger partial charge in [0.15, 0.2) is 0 Å². The molecule has 0 saturated heterocycles. The summed E-state index contributed by atoms with van der Waals surface area (Å²) < 4.78 is 0. The van der Waals surface area contributed by atoms with Crippen molar-refractivity contribution in [3.8, 4) is 17.3 Å². The summed E-state index contributed by atoms with van der Waals surface area (Å²) in [6.45, 7) is 0. The number of hydrogen-bond acceptors (Lipinski definition) is 2. The van der Waals surface area contributed by atoms with Gasteiger partial charge in [0.1, 0.15) is 0 Å². The molecule has 84 valence electrons. The summed E-state index contributed by atoms with van der Waals surface area (Å²) in [5, 5.41) is 9.19. The van der Waals surface area contributed by atoms with Crippen LogP contribution in [0.15, 0.2) is 41.2 Å². The predicted octanol–water partition coefficient (Wildman–Crippen LogP) is 2.76. The SMILES string of the molecule is N#CCc1ccc(-c2ccc(Cl)cc2)[nH]c1=O. The van der Waals surface area contributed by atoms with Gasteiger partial charge >= 0.3 is 0 Å². The van der Waals surface area contributed by atoms with E-state index in [9.17, 15) is 4.79 Å². The monoisotopic (exact) mass is 244 g/mol. The Morgan fingerprint density at radius 2 is 1.88 bits per heavy atom. The Morgan fingerprint density at radius 3 is 2.47 bits per heavy atom. The maximum Gasteiger partial charge on any atom is 0.252 e. The van der Waals surface area contributed by atoms with E-state index in [2.05, 4.69) is 4.98 Å². The van der Waals surface area contributed by atoms with Gasteiger partial charge in [0, 0.05) is 16.3 Å². The Balaban J connectivity index is 2.42. The molecule has 3 nitrogen and oxygen atoms in total. The minimum Gasteiger partial charge on any atom is -0.322 e. The second kappa shape index (κ2) is 4.86. The summed E-state index contributed by atoms with van der Waals surface area (Å²) in [4.78, 5) is 14.4. The molecule has 1 heterocycles. The second-order valence-electron chi connectivity index (χ2n) is 3.57. The molecule has 0 unspecified atom stereocenters. The van der Waals surface area contributed by atoms with Gasteiger partial charge < -0.3 is 4.98 Å². The van der Waals surface area contributed by atoms with Crippen molar-refractivity contribution < 1.29 is 0 Å². The normalized spacial score (nSPS) is 9.88. The summed E-state index contributed by atoms with van der Waals surface area (Å²) in [6, 6.07) is 12.6. The number of halogens is 1. The van der Waals surface area contributed by atoms with Crippen LogP contribution in [0.3, 0.4) is 0 Å². The first-order valence-corrected chi connectivity index (χ1v) is 5.43. The molecule has 1 aromatic carbocycles. The zero-order valence-corrected chi connectivity index (χ0v) is 9.66. The molecule has 0 fully saturated rings. The lowest BCUT2D eigenvalue weighted by atomic mass is 10.1. The number of benzene rings is 1. The highest BCUT2D eigenvalue weighted by Gasteiger charge is 2.02. The molecular weight excluding hydrogens is 236 g/mol. The molecule has 0 spiro atoms. The fourth-order valence-electron chi connectivity index (χ4n) is 1.53. The van der Waals surface area contributed by atoms with E-state index in [0.717, 1.165) is 5.56 Å². The summed E-state index contributed by atoms with van der Waals surface area (Å²) >= 11 is 5.79. The van der Waals surface area contributed by atoms with Crippen LogP contribution < -0.4 is 5.56 Å². The van der Waals surface area contributed by atoms with Crippen LogP contribution in [0.25, 0.3) is 11.3 Å². The van der Waals surface area contributed by atoms with Gasteiger partial charge in [0.25, 0.3) is 5.56 Å². The first-order chi connectivity index (χ1) is 8.20. The Hall–Kier alpha value is -2.05. The quantitative estimate of drug-likeness (QED) is 0.883. The first kappa shape index (κ1) is 11.4. The van der Waals surface area contributed by atoms with E-state index in [1.54, 1.807) is 24.3 Å². The maximum atomic E-state index is 11.6.